The Balaban J connectivity index is 2.38. The number of nitrogen functional groups attached to an aromatic ring is 1. The SMILES string of the molecule is CC(C)(C)Nc1nc(N)n(-c2cccc([N+](=O)[O-])c2)n1. The molecule has 1 heterocycles. The van der Waals surface area contributed by atoms with Gasteiger partial charge in [-0.15, -0.1) is 5.10 Å². The minimum absolute atomic E-state index is 0.0252. The number of nitrogens with two attached hydrogens (primary N) is 1. The fourth-order valence-electron chi connectivity index (χ4n) is 1.64. The summed E-state index contributed by atoms with van der Waals surface area (Å²) in [5.74, 6) is 0.541. The Kier molecular flexibility index (Phi) is 3.31. The maximum absolute atomic E-state index is 10.8. The zero-order valence-corrected chi connectivity index (χ0v) is 11.5. The molecule has 0 saturated heterocycles. The number of rotatable bonds is 3. The predicted octanol–water partition coefficient (Wildman–Crippen LogP) is 1.97. The molecule has 0 aliphatic heterocycles. The number of aromatic nitrogens is 3. The molecule has 1 aromatic heterocycles. The first-order valence-corrected chi connectivity index (χ1v) is 6.02. The summed E-state index contributed by atoms with van der Waals surface area (Å²) in [6.07, 6.45) is 0. The second-order valence-electron chi connectivity index (χ2n) is 5.36. The largest absolute Gasteiger partial charge is 0.368 e. The zero-order valence-electron chi connectivity index (χ0n) is 11.5. The highest BCUT2D eigenvalue weighted by molar-refractivity contribution is 5.47. The van der Waals surface area contributed by atoms with Crippen LogP contribution in [0, 0.1) is 10.1 Å². The second kappa shape index (κ2) is 4.80. The van der Waals surface area contributed by atoms with Crippen molar-refractivity contribution >= 4 is 17.6 Å². The lowest BCUT2D eigenvalue weighted by Crippen LogP contribution is -2.26. The number of hydrogen-bond donors (Lipinski definition) is 2. The van der Waals surface area contributed by atoms with Gasteiger partial charge in [-0.05, 0) is 26.8 Å². The van der Waals surface area contributed by atoms with Gasteiger partial charge in [-0.3, -0.25) is 10.1 Å². The highest BCUT2D eigenvalue weighted by atomic mass is 16.6. The molecular formula is C12H16N6O2. The van der Waals surface area contributed by atoms with Crippen molar-refractivity contribution in [3.8, 4) is 5.69 Å². The van der Waals surface area contributed by atoms with Crippen molar-refractivity contribution in [3.63, 3.8) is 0 Å². The average Bonchev–Trinajstić information content (AvgIpc) is 2.68. The second-order valence-corrected chi connectivity index (χ2v) is 5.36. The first-order chi connectivity index (χ1) is 9.26. The molecule has 0 radical (unpaired) electrons. The summed E-state index contributed by atoms with van der Waals surface area (Å²) in [7, 11) is 0. The summed E-state index contributed by atoms with van der Waals surface area (Å²) in [4.78, 5) is 14.4. The van der Waals surface area contributed by atoms with Gasteiger partial charge >= 0.3 is 0 Å². The van der Waals surface area contributed by atoms with Gasteiger partial charge in [-0.25, -0.2) is 0 Å². The molecule has 0 amide bonds. The fourth-order valence-corrected chi connectivity index (χ4v) is 1.64. The van der Waals surface area contributed by atoms with Gasteiger partial charge in [-0.2, -0.15) is 9.67 Å². The zero-order chi connectivity index (χ0) is 14.9. The average molecular weight is 276 g/mol. The third-order valence-corrected chi connectivity index (χ3v) is 2.40. The highest BCUT2D eigenvalue weighted by Crippen LogP contribution is 2.20. The Morgan fingerprint density at radius 1 is 1.40 bits per heavy atom. The lowest BCUT2D eigenvalue weighted by molar-refractivity contribution is -0.384. The van der Waals surface area contributed by atoms with Gasteiger partial charge in [0.15, 0.2) is 0 Å². The molecule has 8 nitrogen and oxygen atoms in total. The Labute approximate surface area is 115 Å². The van der Waals surface area contributed by atoms with E-state index in [1.807, 2.05) is 20.8 Å². The van der Waals surface area contributed by atoms with Crippen LogP contribution < -0.4 is 11.1 Å². The normalized spacial score (nSPS) is 11.3. The van der Waals surface area contributed by atoms with E-state index in [9.17, 15) is 10.1 Å². The van der Waals surface area contributed by atoms with Crippen LogP contribution in [0.2, 0.25) is 0 Å². The van der Waals surface area contributed by atoms with Gasteiger partial charge in [0.05, 0.1) is 10.6 Å². The molecule has 0 saturated carbocycles. The lowest BCUT2D eigenvalue weighted by Gasteiger charge is -2.18. The lowest BCUT2D eigenvalue weighted by atomic mass is 10.1. The van der Waals surface area contributed by atoms with Gasteiger partial charge < -0.3 is 11.1 Å². The van der Waals surface area contributed by atoms with E-state index in [2.05, 4.69) is 15.4 Å². The minimum Gasteiger partial charge on any atom is -0.368 e. The number of non-ortho nitro benzene ring substituents is 1. The highest BCUT2D eigenvalue weighted by Gasteiger charge is 2.16. The molecule has 8 heteroatoms. The molecule has 0 fully saturated rings. The number of nitrogens with one attached hydrogen (secondary N) is 1. The van der Waals surface area contributed by atoms with E-state index in [0.717, 1.165) is 0 Å². The maximum atomic E-state index is 10.8. The van der Waals surface area contributed by atoms with Crippen molar-refractivity contribution in [3.05, 3.63) is 34.4 Å². The molecule has 0 unspecified atom stereocenters. The van der Waals surface area contributed by atoms with Crippen molar-refractivity contribution in [2.75, 3.05) is 11.1 Å². The van der Waals surface area contributed by atoms with Gasteiger partial charge in [0, 0.05) is 17.7 Å². The standard InChI is InChI=1S/C12H16N6O2/c1-12(2,3)15-11-14-10(13)17(16-11)8-5-4-6-9(7-8)18(19)20/h4-7H,1-3H3,(H3,13,14,15,16). The molecule has 106 valence electrons. The summed E-state index contributed by atoms with van der Waals surface area (Å²) in [5, 5.41) is 18.1. The van der Waals surface area contributed by atoms with E-state index in [1.165, 1.54) is 16.8 Å². The van der Waals surface area contributed by atoms with E-state index in [4.69, 9.17) is 5.73 Å². The van der Waals surface area contributed by atoms with Crippen LogP contribution >= 0.6 is 0 Å². The van der Waals surface area contributed by atoms with E-state index in [-0.39, 0.29) is 17.2 Å². The molecule has 1 aromatic carbocycles. The van der Waals surface area contributed by atoms with E-state index in [0.29, 0.717) is 11.6 Å². The van der Waals surface area contributed by atoms with Gasteiger partial charge in [0.1, 0.15) is 0 Å². The predicted molar refractivity (Wildman–Crippen MR) is 75.8 cm³/mol. The summed E-state index contributed by atoms with van der Waals surface area (Å²) in [5.41, 5.74) is 6.06. The quantitative estimate of drug-likeness (QED) is 0.654. The van der Waals surface area contributed by atoms with Crippen molar-refractivity contribution in [1.82, 2.24) is 14.8 Å². The van der Waals surface area contributed by atoms with Crippen LogP contribution in [0.3, 0.4) is 0 Å². The molecule has 2 aromatic rings. The number of anilines is 2. The van der Waals surface area contributed by atoms with E-state index >= 15 is 0 Å². The number of nitro groups is 1. The van der Waals surface area contributed by atoms with Crippen molar-refractivity contribution < 1.29 is 4.92 Å². The van der Waals surface area contributed by atoms with Crippen molar-refractivity contribution in [2.45, 2.75) is 26.3 Å². The van der Waals surface area contributed by atoms with Crippen molar-refractivity contribution in [1.29, 1.82) is 0 Å². The summed E-state index contributed by atoms with van der Waals surface area (Å²) in [6.45, 7) is 5.91. The molecular weight excluding hydrogens is 260 g/mol. The molecule has 0 aliphatic carbocycles. The molecule has 3 N–H and O–H groups in total. The number of nitrogens with zero attached hydrogens (tertiary/aromatic N) is 4. The van der Waals surface area contributed by atoms with Crippen molar-refractivity contribution in [2.24, 2.45) is 0 Å². The molecule has 0 aliphatic rings. The van der Waals surface area contributed by atoms with Crippen LogP contribution in [-0.2, 0) is 0 Å². The minimum atomic E-state index is -0.467. The molecule has 2 rings (SSSR count). The number of benzene rings is 1. The van der Waals surface area contributed by atoms with Gasteiger partial charge in [-0.1, -0.05) is 6.07 Å². The Morgan fingerprint density at radius 3 is 2.70 bits per heavy atom. The molecule has 0 atom stereocenters. The van der Waals surface area contributed by atoms with Gasteiger partial charge in [0.25, 0.3) is 5.69 Å². The molecule has 20 heavy (non-hydrogen) atoms. The monoisotopic (exact) mass is 276 g/mol. The molecule has 0 spiro atoms. The van der Waals surface area contributed by atoms with Gasteiger partial charge in [0.2, 0.25) is 11.9 Å². The Morgan fingerprint density at radius 2 is 2.10 bits per heavy atom. The fraction of sp³-hybridized carbons (Fsp3) is 0.333. The molecule has 0 bridgehead atoms. The van der Waals surface area contributed by atoms with Crippen LogP contribution in [0.5, 0.6) is 0 Å². The van der Waals surface area contributed by atoms with E-state index < -0.39 is 4.92 Å². The Hall–Kier alpha value is -2.64. The topological polar surface area (TPSA) is 112 Å². The van der Waals surface area contributed by atoms with Crippen LogP contribution in [0.25, 0.3) is 5.69 Å². The summed E-state index contributed by atoms with van der Waals surface area (Å²) in [6, 6.07) is 6.06. The first kappa shape index (κ1) is 13.8. The summed E-state index contributed by atoms with van der Waals surface area (Å²) >= 11 is 0. The first-order valence-electron chi connectivity index (χ1n) is 6.02. The number of nitro benzene ring substituents is 1. The third-order valence-electron chi connectivity index (χ3n) is 2.40. The van der Waals surface area contributed by atoms with Crippen LogP contribution in [0.4, 0.5) is 17.6 Å². The summed E-state index contributed by atoms with van der Waals surface area (Å²) < 4.78 is 1.36. The smallest absolute Gasteiger partial charge is 0.271 e. The van der Waals surface area contributed by atoms with E-state index in [1.54, 1.807) is 12.1 Å². The third kappa shape index (κ3) is 3.02. The maximum Gasteiger partial charge on any atom is 0.271 e. The van der Waals surface area contributed by atoms with Crippen LogP contribution in [0.15, 0.2) is 24.3 Å². The Bertz CT molecular complexity index is 644. The van der Waals surface area contributed by atoms with Crippen LogP contribution in [0.1, 0.15) is 20.8 Å². The number of hydrogen-bond acceptors (Lipinski definition) is 6. The van der Waals surface area contributed by atoms with Crippen LogP contribution in [-0.4, -0.2) is 25.2 Å².